The zero-order valence-corrected chi connectivity index (χ0v) is 17.3. The average molecular weight is 372 g/mol. The molecule has 150 valence electrons. The maximum absolute atomic E-state index is 6.01. The molecule has 4 aliphatic rings. The van der Waals surface area contributed by atoms with Gasteiger partial charge in [0.15, 0.2) is 5.82 Å². The Hall–Kier alpha value is -0.900. The standard InChI is InChI=1S/C23H37N3O/c1-15-8-10-16(11-9-15)19-14-18-12-13-20(26(18)2)21(19)23-24-22(25-27-23)17-6-4-3-5-7-17/h15-21H,3-14H2,1-2H3/t15?,16?,18?,19-,20?,21-/m1/s1. The molecule has 4 nitrogen and oxygen atoms in total. The molecule has 2 aliphatic heterocycles. The van der Waals surface area contributed by atoms with Crippen LogP contribution in [0.5, 0.6) is 0 Å². The molecule has 4 atom stereocenters. The van der Waals surface area contributed by atoms with Gasteiger partial charge in [0, 0.05) is 18.0 Å². The molecule has 2 aliphatic carbocycles. The number of hydrogen-bond acceptors (Lipinski definition) is 4. The molecule has 4 heteroatoms. The van der Waals surface area contributed by atoms with Crippen molar-refractivity contribution in [3.05, 3.63) is 11.7 Å². The number of fused-ring (bicyclic) bond motifs is 2. The first-order valence-corrected chi connectivity index (χ1v) is 11.8. The largest absolute Gasteiger partial charge is 0.339 e. The molecule has 1 aromatic heterocycles. The second kappa shape index (κ2) is 7.50. The van der Waals surface area contributed by atoms with E-state index in [1.165, 1.54) is 77.0 Å². The fraction of sp³-hybridized carbons (Fsp3) is 0.913. The molecule has 0 amide bonds. The zero-order chi connectivity index (χ0) is 18.4. The lowest BCUT2D eigenvalue weighted by Gasteiger charge is -2.46. The van der Waals surface area contributed by atoms with Crippen LogP contribution in [-0.4, -0.2) is 34.2 Å². The van der Waals surface area contributed by atoms with Crippen LogP contribution in [0.4, 0.5) is 0 Å². The van der Waals surface area contributed by atoms with Crippen LogP contribution in [-0.2, 0) is 0 Å². The Bertz CT molecular complexity index is 629. The van der Waals surface area contributed by atoms with Gasteiger partial charge in [0.2, 0.25) is 5.89 Å². The summed E-state index contributed by atoms with van der Waals surface area (Å²) >= 11 is 0. The highest BCUT2D eigenvalue weighted by molar-refractivity contribution is 5.12. The highest BCUT2D eigenvalue weighted by Crippen LogP contribution is 2.52. The van der Waals surface area contributed by atoms with E-state index in [4.69, 9.17) is 9.51 Å². The van der Waals surface area contributed by atoms with Crippen molar-refractivity contribution in [3.63, 3.8) is 0 Å². The third kappa shape index (κ3) is 3.36. The van der Waals surface area contributed by atoms with Gasteiger partial charge in [0.1, 0.15) is 0 Å². The van der Waals surface area contributed by atoms with Crippen LogP contribution >= 0.6 is 0 Å². The summed E-state index contributed by atoms with van der Waals surface area (Å²) in [6, 6.07) is 1.41. The van der Waals surface area contributed by atoms with E-state index in [2.05, 4.69) is 24.0 Å². The van der Waals surface area contributed by atoms with E-state index < -0.39 is 0 Å². The van der Waals surface area contributed by atoms with Gasteiger partial charge in [-0.1, -0.05) is 44.2 Å². The van der Waals surface area contributed by atoms with E-state index in [0.717, 1.165) is 35.5 Å². The monoisotopic (exact) mass is 371 g/mol. The van der Waals surface area contributed by atoms with Gasteiger partial charge < -0.3 is 4.52 Å². The Labute approximate surface area is 164 Å². The summed E-state index contributed by atoms with van der Waals surface area (Å²) in [5, 5.41) is 4.51. The second-order valence-electron chi connectivity index (χ2n) is 10.2. The maximum Gasteiger partial charge on any atom is 0.231 e. The maximum atomic E-state index is 6.01. The van der Waals surface area contributed by atoms with Crippen molar-refractivity contribution in [3.8, 4) is 0 Å². The highest BCUT2D eigenvalue weighted by atomic mass is 16.5. The van der Waals surface area contributed by atoms with Crippen molar-refractivity contribution in [1.82, 2.24) is 15.0 Å². The highest BCUT2D eigenvalue weighted by Gasteiger charge is 2.50. The average Bonchev–Trinajstić information content (AvgIpc) is 3.26. The quantitative estimate of drug-likeness (QED) is 0.702. The fourth-order valence-electron chi connectivity index (χ4n) is 6.96. The van der Waals surface area contributed by atoms with Crippen LogP contribution < -0.4 is 0 Å². The second-order valence-corrected chi connectivity index (χ2v) is 10.2. The number of piperidine rings is 1. The van der Waals surface area contributed by atoms with Crippen molar-refractivity contribution < 1.29 is 4.52 Å². The molecule has 0 aromatic carbocycles. The molecule has 0 spiro atoms. The van der Waals surface area contributed by atoms with Crippen molar-refractivity contribution in [1.29, 1.82) is 0 Å². The minimum absolute atomic E-state index is 0.469. The van der Waals surface area contributed by atoms with Gasteiger partial charge in [-0.3, -0.25) is 4.90 Å². The van der Waals surface area contributed by atoms with E-state index in [1.807, 2.05) is 0 Å². The van der Waals surface area contributed by atoms with Gasteiger partial charge in [-0.25, -0.2) is 0 Å². The third-order valence-corrected chi connectivity index (χ3v) is 8.69. The Kier molecular flexibility index (Phi) is 5.04. The van der Waals surface area contributed by atoms with Crippen molar-refractivity contribution in [2.75, 3.05) is 7.05 Å². The molecular formula is C23H37N3O. The molecule has 2 bridgehead atoms. The summed E-state index contributed by atoms with van der Waals surface area (Å²) in [4.78, 5) is 7.71. The Morgan fingerprint density at radius 1 is 0.926 bits per heavy atom. The van der Waals surface area contributed by atoms with E-state index in [0.29, 0.717) is 17.9 Å². The van der Waals surface area contributed by atoms with E-state index in [-0.39, 0.29) is 0 Å². The minimum atomic E-state index is 0.469. The number of rotatable bonds is 3. The van der Waals surface area contributed by atoms with Gasteiger partial charge in [0.25, 0.3) is 0 Å². The molecule has 3 heterocycles. The number of hydrogen-bond donors (Lipinski definition) is 0. The van der Waals surface area contributed by atoms with Crippen molar-refractivity contribution in [2.24, 2.45) is 17.8 Å². The van der Waals surface area contributed by atoms with Crippen molar-refractivity contribution in [2.45, 2.75) is 108 Å². The van der Waals surface area contributed by atoms with Crippen LogP contribution in [0.2, 0.25) is 0 Å². The lowest BCUT2D eigenvalue weighted by atomic mass is 9.67. The number of aromatic nitrogens is 2. The minimum Gasteiger partial charge on any atom is -0.339 e. The molecular weight excluding hydrogens is 334 g/mol. The molecule has 4 fully saturated rings. The molecule has 27 heavy (non-hydrogen) atoms. The van der Waals surface area contributed by atoms with Crippen LogP contribution in [0, 0.1) is 17.8 Å². The predicted molar refractivity (Wildman–Crippen MR) is 107 cm³/mol. The molecule has 1 aromatic rings. The first-order chi connectivity index (χ1) is 13.2. The van der Waals surface area contributed by atoms with E-state index in [9.17, 15) is 0 Å². The Morgan fingerprint density at radius 3 is 2.48 bits per heavy atom. The Balaban J connectivity index is 1.41. The number of likely N-dealkylation sites (N-methyl/N-ethyl adjacent to an activating group) is 1. The molecule has 0 radical (unpaired) electrons. The van der Waals surface area contributed by atoms with E-state index in [1.54, 1.807) is 0 Å². The summed E-state index contributed by atoms with van der Waals surface area (Å²) < 4.78 is 6.01. The molecule has 2 unspecified atom stereocenters. The summed E-state index contributed by atoms with van der Waals surface area (Å²) in [7, 11) is 2.34. The van der Waals surface area contributed by atoms with Crippen LogP contribution in [0.3, 0.4) is 0 Å². The molecule has 2 saturated carbocycles. The summed E-state index contributed by atoms with van der Waals surface area (Å²) in [6.45, 7) is 2.43. The van der Waals surface area contributed by atoms with Crippen molar-refractivity contribution >= 4 is 0 Å². The summed E-state index contributed by atoms with van der Waals surface area (Å²) in [5.41, 5.74) is 0. The molecule has 0 N–H and O–H groups in total. The first kappa shape index (κ1) is 18.1. The lowest BCUT2D eigenvalue weighted by molar-refractivity contribution is 0.0449. The van der Waals surface area contributed by atoms with Gasteiger partial charge in [-0.05, 0) is 69.7 Å². The summed E-state index contributed by atoms with van der Waals surface area (Å²) in [6.07, 6.45) is 16.2. The molecule has 2 saturated heterocycles. The van der Waals surface area contributed by atoms with Gasteiger partial charge in [-0.15, -0.1) is 0 Å². The van der Waals surface area contributed by atoms with Crippen LogP contribution in [0.25, 0.3) is 0 Å². The molecule has 5 rings (SSSR count). The van der Waals surface area contributed by atoms with Crippen LogP contribution in [0.1, 0.15) is 108 Å². The van der Waals surface area contributed by atoms with Crippen LogP contribution in [0.15, 0.2) is 4.52 Å². The van der Waals surface area contributed by atoms with Gasteiger partial charge in [-0.2, -0.15) is 4.98 Å². The van der Waals surface area contributed by atoms with Gasteiger partial charge in [0.05, 0.1) is 5.92 Å². The van der Waals surface area contributed by atoms with E-state index >= 15 is 0 Å². The topological polar surface area (TPSA) is 42.2 Å². The van der Waals surface area contributed by atoms with Gasteiger partial charge >= 0.3 is 0 Å². The predicted octanol–water partition coefficient (Wildman–Crippen LogP) is 5.51. The first-order valence-electron chi connectivity index (χ1n) is 11.8. The normalized spacial score (nSPS) is 41.1. The third-order valence-electron chi connectivity index (χ3n) is 8.69. The summed E-state index contributed by atoms with van der Waals surface area (Å²) in [5.74, 6) is 5.56. The SMILES string of the molecule is CC1CCC([C@H]2CC3CCC([C@@H]2c2nc(C4CCCCC4)no2)N3C)CC1. The Morgan fingerprint density at radius 2 is 1.70 bits per heavy atom. The number of nitrogens with zero attached hydrogens (tertiary/aromatic N) is 3. The lowest BCUT2D eigenvalue weighted by Crippen LogP contribution is -2.47. The fourth-order valence-corrected chi connectivity index (χ4v) is 6.96. The smallest absolute Gasteiger partial charge is 0.231 e. The zero-order valence-electron chi connectivity index (χ0n) is 17.3.